The summed E-state index contributed by atoms with van der Waals surface area (Å²) in [6, 6.07) is 20.0. The maximum absolute atomic E-state index is 11.8. The van der Waals surface area contributed by atoms with Gasteiger partial charge in [-0.25, -0.2) is 4.79 Å². The first-order chi connectivity index (χ1) is 15.6. The molecule has 0 amide bonds. The third-order valence-electron chi connectivity index (χ3n) is 5.37. The normalized spacial score (nSPS) is 13.3. The highest BCUT2D eigenvalue weighted by atomic mass is 35.5. The molecule has 1 atom stereocenters. The Morgan fingerprint density at radius 3 is 2.09 bits per heavy atom. The van der Waals surface area contributed by atoms with E-state index in [2.05, 4.69) is 0 Å². The summed E-state index contributed by atoms with van der Waals surface area (Å²) in [5, 5.41) is 10.4. The average Bonchev–Trinajstić information content (AvgIpc) is 3.27. The molecule has 0 radical (unpaired) electrons. The number of halogens is 1. The average molecular weight is 453 g/mol. The molecule has 3 aromatic carbocycles. The predicted molar refractivity (Wildman–Crippen MR) is 123 cm³/mol. The Balaban J connectivity index is 1.28. The molecule has 0 bridgehead atoms. The number of aliphatic carboxylic acids is 1. The van der Waals surface area contributed by atoms with Crippen molar-refractivity contribution in [1.82, 2.24) is 0 Å². The molecule has 0 aromatic heterocycles. The van der Waals surface area contributed by atoms with Crippen LogP contribution in [0.1, 0.15) is 35.6 Å². The zero-order chi connectivity index (χ0) is 22.3. The lowest BCUT2D eigenvalue weighted by Gasteiger charge is -2.17. The van der Waals surface area contributed by atoms with Crippen LogP contribution in [0.2, 0.25) is 5.02 Å². The Morgan fingerprint density at radius 2 is 1.44 bits per heavy atom. The summed E-state index contributed by atoms with van der Waals surface area (Å²) in [7, 11) is 0. The second-order valence-corrected chi connectivity index (χ2v) is 8.13. The molecule has 0 aliphatic heterocycles. The molecule has 0 saturated heterocycles. The summed E-state index contributed by atoms with van der Waals surface area (Å²) in [4.78, 5) is 11.8. The predicted octanol–water partition coefficient (Wildman–Crippen LogP) is 5.88. The van der Waals surface area contributed by atoms with Crippen LogP contribution >= 0.6 is 11.6 Å². The van der Waals surface area contributed by atoms with Gasteiger partial charge in [0, 0.05) is 17.0 Å². The third kappa shape index (κ3) is 5.74. The van der Waals surface area contributed by atoms with Gasteiger partial charge in [0.2, 0.25) is 6.10 Å². The number of hydrogen-bond donors (Lipinski definition) is 1. The maximum atomic E-state index is 11.8. The number of rotatable bonds is 10. The topological polar surface area (TPSA) is 65.0 Å². The summed E-state index contributed by atoms with van der Waals surface area (Å²) in [5.41, 5.74) is 3.14. The minimum Gasteiger partial charge on any atom is -0.493 e. The van der Waals surface area contributed by atoms with E-state index in [9.17, 15) is 9.90 Å². The standard InChI is InChI=1S/C26H25ClO5/c27-21-8-13-23(14-9-21)31-16-2-15-30-22-10-6-19(7-11-22)25(26(28)29)32-24-12-5-18-3-1-4-20(18)17-24/h5-14,17,25H,1-4,15-16H2,(H,28,29). The van der Waals surface area contributed by atoms with Gasteiger partial charge in [-0.3, -0.25) is 0 Å². The van der Waals surface area contributed by atoms with Crippen molar-refractivity contribution in [1.29, 1.82) is 0 Å². The van der Waals surface area contributed by atoms with Crippen LogP contribution in [0.4, 0.5) is 0 Å². The van der Waals surface area contributed by atoms with Gasteiger partial charge in [0.05, 0.1) is 13.2 Å². The van der Waals surface area contributed by atoms with Crippen LogP contribution < -0.4 is 14.2 Å². The van der Waals surface area contributed by atoms with Crippen molar-refractivity contribution >= 4 is 17.6 Å². The van der Waals surface area contributed by atoms with Crippen molar-refractivity contribution in [3.05, 3.63) is 88.4 Å². The third-order valence-corrected chi connectivity index (χ3v) is 5.62. The Hall–Kier alpha value is -3.18. The number of benzene rings is 3. The Kier molecular flexibility index (Phi) is 7.17. The van der Waals surface area contributed by atoms with Gasteiger partial charge in [-0.05, 0) is 78.9 Å². The quantitative estimate of drug-likeness (QED) is 0.389. The van der Waals surface area contributed by atoms with Crippen molar-refractivity contribution in [2.75, 3.05) is 13.2 Å². The second-order valence-electron chi connectivity index (χ2n) is 7.69. The highest BCUT2D eigenvalue weighted by Gasteiger charge is 2.23. The van der Waals surface area contributed by atoms with E-state index in [4.69, 9.17) is 25.8 Å². The van der Waals surface area contributed by atoms with Gasteiger partial charge < -0.3 is 19.3 Å². The molecule has 6 heteroatoms. The fraction of sp³-hybridized carbons (Fsp3) is 0.269. The van der Waals surface area contributed by atoms with Crippen molar-refractivity contribution in [2.24, 2.45) is 0 Å². The second kappa shape index (κ2) is 10.4. The van der Waals surface area contributed by atoms with Crippen LogP contribution in [0.25, 0.3) is 0 Å². The number of carboxylic acid groups (broad SMARTS) is 1. The molecule has 166 valence electrons. The molecule has 1 unspecified atom stereocenters. The van der Waals surface area contributed by atoms with Gasteiger partial charge in [0.25, 0.3) is 0 Å². The minimum atomic E-state index is -1.07. The van der Waals surface area contributed by atoms with E-state index >= 15 is 0 Å². The van der Waals surface area contributed by atoms with Crippen LogP contribution in [0.3, 0.4) is 0 Å². The van der Waals surface area contributed by atoms with Crippen LogP contribution in [0.5, 0.6) is 17.2 Å². The summed E-state index contributed by atoms with van der Waals surface area (Å²) in [6.45, 7) is 1.01. The molecule has 1 aliphatic carbocycles. The van der Waals surface area contributed by atoms with E-state index in [0.717, 1.165) is 25.0 Å². The first-order valence-electron chi connectivity index (χ1n) is 10.7. The van der Waals surface area contributed by atoms with Gasteiger partial charge in [0.1, 0.15) is 17.2 Å². The molecule has 0 heterocycles. The monoisotopic (exact) mass is 452 g/mol. The molecule has 3 aromatic rings. The van der Waals surface area contributed by atoms with Crippen LogP contribution in [0.15, 0.2) is 66.7 Å². The zero-order valence-electron chi connectivity index (χ0n) is 17.6. The minimum absolute atomic E-state index is 0.487. The number of carbonyl (C=O) groups is 1. The summed E-state index contributed by atoms with van der Waals surface area (Å²) < 4.78 is 17.2. The smallest absolute Gasteiger partial charge is 0.349 e. The maximum Gasteiger partial charge on any atom is 0.349 e. The zero-order valence-corrected chi connectivity index (χ0v) is 18.4. The van der Waals surface area contributed by atoms with E-state index in [1.807, 2.05) is 30.3 Å². The molecule has 5 nitrogen and oxygen atoms in total. The summed E-state index contributed by atoms with van der Waals surface area (Å²) >= 11 is 5.86. The molecule has 0 saturated carbocycles. The fourth-order valence-corrected chi connectivity index (χ4v) is 3.85. The van der Waals surface area contributed by atoms with E-state index in [1.165, 1.54) is 11.1 Å². The number of ether oxygens (including phenoxy) is 3. The Morgan fingerprint density at radius 1 is 0.844 bits per heavy atom. The molecule has 1 N–H and O–H groups in total. The van der Waals surface area contributed by atoms with Gasteiger partial charge in [-0.2, -0.15) is 0 Å². The number of aryl methyl sites for hydroxylation is 2. The van der Waals surface area contributed by atoms with Crippen LogP contribution in [-0.2, 0) is 17.6 Å². The van der Waals surface area contributed by atoms with Crippen LogP contribution in [0, 0.1) is 0 Å². The first-order valence-corrected chi connectivity index (χ1v) is 11.1. The van der Waals surface area contributed by atoms with Gasteiger partial charge in [-0.1, -0.05) is 29.8 Å². The fourth-order valence-electron chi connectivity index (χ4n) is 3.73. The van der Waals surface area contributed by atoms with Crippen LogP contribution in [-0.4, -0.2) is 24.3 Å². The van der Waals surface area contributed by atoms with E-state index in [0.29, 0.717) is 41.7 Å². The Labute approximate surface area is 192 Å². The number of carboxylic acids is 1. The lowest BCUT2D eigenvalue weighted by Crippen LogP contribution is -2.18. The van der Waals surface area contributed by atoms with Gasteiger partial charge >= 0.3 is 5.97 Å². The highest BCUT2D eigenvalue weighted by Crippen LogP contribution is 2.29. The summed E-state index contributed by atoms with van der Waals surface area (Å²) in [5.74, 6) is 0.987. The lowest BCUT2D eigenvalue weighted by molar-refractivity contribution is -0.145. The largest absolute Gasteiger partial charge is 0.493 e. The van der Waals surface area contributed by atoms with E-state index < -0.39 is 12.1 Å². The van der Waals surface area contributed by atoms with Crippen molar-refractivity contribution in [3.8, 4) is 17.2 Å². The molecule has 1 aliphatic rings. The van der Waals surface area contributed by atoms with Gasteiger partial charge in [-0.15, -0.1) is 0 Å². The Bertz CT molecular complexity index is 1050. The summed E-state index contributed by atoms with van der Waals surface area (Å²) in [6.07, 6.45) is 2.86. The molecule has 32 heavy (non-hydrogen) atoms. The van der Waals surface area contributed by atoms with E-state index in [1.54, 1.807) is 36.4 Å². The number of fused-ring (bicyclic) bond motifs is 1. The number of hydrogen-bond acceptors (Lipinski definition) is 4. The van der Waals surface area contributed by atoms with Crippen molar-refractivity contribution in [3.63, 3.8) is 0 Å². The van der Waals surface area contributed by atoms with Crippen molar-refractivity contribution in [2.45, 2.75) is 31.8 Å². The first kappa shape index (κ1) is 22.0. The SMILES string of the molecule is O=C(O)C(Oc1ccc2c(c1)CCC2)c1ccc(OCCCOc2ccc(Cl)cc2)cc1. The molecule has 0 fully saturated rings. The lowest BCUT2D eigenvalue weighted by atomic mass is 10.1. The van der Waals surface area contributed by atoms with Crippen molar-refractivity contribution < 1.29 is 24.1 Å². The molecule has 4 rings (SSSR count). The van der Waals surface area contributed by atoms with E-state index in [-0.39, 0.29) is 0 Å². The highest BCUT2D eigenvalue weighted by molar-refractivity contribution is 6.30. The molecular formula is C26H25ClO5. The van der Waals surface area contributed by atoms with Gasteiger partial charge in [0.15, 0.2) is 0 Å². The molecule has 0 spiro atoms. The molecular weight excluding hydrogens is 428 g/mol.